The summed E-state index contributed by atoms with van der Waals surface area (Å²) in [7, 11) is -3.27. The lowest BCUT2D eigenvalue weighted by Crippen LogP contribution is -2.44. The summed E-state index contributed by atoms with van der Waals surface area (Å²) in [5, 5.41) is 0. The zero-order valence-electron chi connectivity index (χ0n) is 10.6. The Bertz CT molecular complexity index is 346. The van der Waals surface area contributed by atoms with E-state index in [1.165, 1.54) is 0 Å². The summed E-state index contributed by atoms with van der Waals surface area (Å²) in [5.74, 6) is 0.629. The summed E-state index contributed by atoms with van der Waals surface area (Å²) in [6.45, 7) is 5.36. The number of carbonyl (C=O) groups excluding carboxylic acids is 1. The molecule has 17 heavy (non-hydrogen) atoms. The maximum Gasteiger partial charge on any atom is 0.237 e. The number of piperidine rings is 1. The molecular weight excluding hydrogens is 240 g/mol. The smallest absolute Gasteiger partial charge is 0.237 e. The van der Waals surface area contributed by atoms with Gasteiger partial charge in [-0.1, -0.05) is 13.8 Å². The van der Waals surface area contributed by atoms with Crippen LogP contribution in [0.2, 0.25) is 0 Å². The predicted molar refractivity (Wildman–Crippen MR) is 67.1 cm³/mol. The molecule has 0 unspecified atom stereocenters. The van der Waals surface area contributed by atoms with Crippen molar-refractivity contribution >= 4 is 15.9 Å². The van der Waals surface area contributed by atoms with Crippen molar-refractivity contribution in [3.63, 3.8) is 0 Å². The van der Waals surface area contributed by atoms with Gasteiger partial charge in [-0.2, -0.15) is 0 Å². The van der Waals surface area contributed by atoms with Gasteiger partial charge in [0.15, 0.2) is 0 Å². The van der Waals surface area contributed by atoms with Crippen LogP contribution in [0.15, 0.2) is 0 Å². The molecule has 0 aliphatic carbocycles. The summed E-state index contributed by atoms with van der Waals surface area (Å²) in [6.07, 6.45) is 2.58. The fraction of sp³-hybridized carbons (Fsp3) is 0.909. The number of rotatable bonds is 5. The predicted octanol–water partition coefficient (Wildman–Crippen LogP) is 0.574. The molecule has 0 radical (unpaired) electrons. The van der Waals surface area contributed by atoms with Crippen LogP contribution in [0, 0.1) is 5.92 Å². The van der Waals surface area contributed by atoms with E-state index in [1.807, 2.05) is 0 Å². The molecule has 5 nitrogen and oxygen atoms in total. The largest absolute Gasteiger partial charge is 0.342 e. The summed E-state index contributed by atoms with van der Waals surface area (Å²) in [5.41, 5.74) is 0. The Morgan fingerprint density at radius 3 is 2.47 bits per heavy atom. The first-order valence-electron chi connectivity index (χ1n) is 6.19. The molecular formula is C11H22N2O3S. The second-order valence-corrected chi connectivity index (χ2v) is 6.63. The minimum atomic E-state index is -3.27. The molecule has 1 amide bonds. The highest BCUT2D eigenvalue weighted by Gasteiger charge is 2.21. The first-order valence-corrected chi connectivity index (χ1v) is 7.85. The Labute approximate surface area is 104 Å². The van der Waals surface area contributed by atoms with Gasteiger partial charge < -0.3 is 4.90 Å². The zero-order valence-corrected chi connectivity index (χ0v) is 11.4. The molecule has 1 aliphatic heterocycles. The third-order valence-corrected chi connectivity index (χ3v) is 4.58. The molecule has 0 atom stereocenters. The Kier molecular flexibility index (Phi) is 5.39. The van der Waals surface area contributed by atoms with Gasteiger partial charge in [-0.15, -0.1) is 0 Å². The van der Waals surface area contributed by atoms with Gasteiger partial charge in [0.2, 0.25) is 15.9 Å². The number of sulfonamides is 1. The molecule has 1 saturated heterocycles. The van der Waals surface area contributed by atoms with E-state index in [-0.39, 0.29) is 18.2 Å². The van der Waals surface area contributed by atoms with Crippen LogP contribution >= 0.6 is 0 Å². The molecule has 0 aromatic carbocycles. The average Bonchev–Trinajstić information content (AvgIpc) is 2.27. The van der Waals surface area contributed by atoms with E-state index in [0.29, 0.717) is 12.3 Å². The van der Waals surface area contributed by atoms with Crippen molar-refractivity contribution in [2.45, 2.75) is 33.1 Å². The topological polar surface area (TPSA) is 66.5 Å². The van der Waals surface area contributed by atoms with E-state index in [4.69, 9.17) is 0 Å². The maximum atomic E-state index is 11.8. The first-order chi connectivity index (χ1) is 7.94. The monoisotopic (exact) mass is 262 g/mol. The third-order valence-electron chi connectivity index (χ3n) is 3.05. The van der Waals surface area contributed by atoms with Gasteiger partial charge in [0.05, 0.1) is 12.3 Å². The van der Waals surface area contributed by atoms with Crippen molar-refractivity contribution in [1.82, 2.24) is 9.62 Å². The molecule has 1 N–H and O–H groups in total. The highest BCUT2D eigenvalue weighted by atomic mass is 32.2. The van der Waals surface area contributed by atoms with Gasteiger partial charge in [-0.05, 0) is 25.2 Å². The van der Waals surface area contributed by atoms with E-state index in [9.17, 15) is 13.2 Å². The van der Waals surface area contributed by atoms with Crippen LogP contribution < -0.4 is 4.72 Å². The maximum absolute atomic E-state index is 11.8. The molecule has 6 heteroatoms. The van der Waals surface area contributed by atoms with Crippen LogP contribution in [0.5, 0.6) is 0 Å². The van der Waals surface area contributed by atoms with Crippen molar-refractivity contribution in [1.29, 1.82) is 0 Å². The molecule has 0 aromatic rings. The lowest BCUT2D eigenvalue weighted by Gasteiger charge is -2.30. The SMILES string of the molecule is CCCS(=O)(=O)NCC(=O)N1CCC(C)CC1. The molecule has 0 saturated carbocycles. The minimum Gasteiger partial charge on any atom is -0.342 e. The summed E-state index contributed by atoms with van der Waals surface area (Å²) >= 11 is 0. The lowest BCUT2D eigenvalue weighted by molar-refractivity contribution is -0.131. The zero-order chi connectivity index (χ0) is 12.9. The number of carbonyl (C=O) groups is 1. The van der Waals surface area contributed by atoms with Gasteiger partial charge in [-0.3, -0.25) is 4.79 Å². The Balaban J connectivity index is 2.35. The van der Waals surface area contributed by atoms with Crippen molar-refractivity contribution < 1.29 is 13.2 Å². The minimum absolute atomic E-state index is 0.0807. The molecule has 1 heterocycles. The average molecular weight is 262 g/mol. The summed E-state index contributed by atoms with van der Waals surface area (Å²) in [4.78, 5) is 13.5. The second kappa shape index (κ2) is 6.35. The number of nitrogens with zero attached hydrogens (tertiary/aromatic N) is 1. The number of hydrogen-bond donors (Lipinski definition) is 1. The van der Waals surface area contributed by atoms with Crippen LogP contribution in [-0.4, -0.2) is 44.6 Å². The van der Waals surface area contributed by atoms with Gasteiger partial charge in [0, 0.05) is 13.1 Å². The molecule has 0 aromatic heterocycles. The molecule has 100 valence electrons. The van der Waals surface area contributed by atoms with Crippen molar-refractivity contribution in [3.8, 4) is 0 Å². The van der Waals surface area contributed by atoms with E-state index in [0.717, 1.165) is 25.9 Å². The van der Waals surface area contributed by atoms with E-state index in [1.54, 1.807) is 11.8 Å². The second-order valence-electron chi connectivity index (χ2n) is 4.70. The molecule has 1 fully saturated rings. The standard InChI is InChI=1S/C11H22N2O3S/c1-3-8-17(15,16)12-9-11(14)13-6-4-10(2)5-7-13/h10,12H,3-9H2,1-2H3. The van der Waals surface area contributed by atoms with Crippen LogP contribution in [-0.2, 0) is 14.8 Å². The van der Waals surface area contributed by atoms with E-state index in [2.05, 4.69) is 11.6 Å². The fourth-order valence-electron chi connectivity index (χ4n) is 1.88. The van der Waals surface area contributed by atoms with E-state index >= 15 is 0 Å². The van der Waals surface area contributed by atoms with Crippen LogP contribution in [0.4, 0.5) is 0 Å². The molecule has 0 bridgehead atoms. The number of likely N-dealkylation sites (tertiary alicyclic amines) is 1. The molecule has 1 rings (SSSR count). The van der Waals surface area contributed by atoms with Crippen LogP contribution in [0.25, 0.3) is 0 Å². The normalized spacial score (nSPS) is 18.4. The number of amides is 1. The summed E-state index contributed by atoms with van der Waals surface area (Å²) < 4.78 is 25.1. The van der Waals surface area contributed by atoms with Crippen molar-refractivity contribution in [3.05, 3.63) is 0 Å². The fourth-order valence-corrected chi connectivity index (χ4v) is 2.91. The number of hydrogen-bond acceptors (Lipinski definition) is 3. The first kappa shape index (κ1) is 14.4. The third kappa shape index (κ3) is 5.04. The van der Waals surface area contributed by atoms with Gasteiger partial charge in [0.1, 0.15) is 0 Å². The number of nitrogens with one attached hydrogen (secondary N) is 1. The highest BCUT2D eigenvalue weighted by Crippen LogP contribution is 2.15. The molecule has 0 spiro atoms. The lowest BCUT2D eigenvalue weighted by atomic mass is 9.99. The van der Waals surface area contributed by atoms with Crippen LogP contribution in [0.3, 0.4) is 0 Å². The Hall–Kier alpha value is -0.620. The van der Waals surface area contributed by atoms with Crippen molar-refractivity contribution in [2.24, 2.45) is 5.92 Å². The van der Waals surface area contributed by atoms with Gasteiger partial charge in [0.25, 0.3) is 0 Å². The van der Waals surface area contributed by atoms with Gasteiger partial charge in [-0.25, -0.2) is 13.1 Å². The van der Waals surface area contributed by atoms with E-state index < -0.39 is 10.0 Å². The highest BCUT2D eigenvalue weighted by molar-refractivity contribution is 7.89. The Morgan fingerprint density at radius 1 is 1.35 bits per heavy atom. The Morgan fingerprint density at radius 2 is 1.94 bits per heavy atom. The quantitative estimate of drug-likeness (QED) is 0.788. The molecule has 1 aliphatic rings. The summed E-state index contributed by atoms with van der Waals surface area (Å²) in [6, 6.07) is 0. The van der Waals surface area contributed by atoms with Gasteiger partial charge >= 0.3 is 0 Å². The van der Waals surface area contributed by atoms with Crippen LogP contribution in [0.1, 0.15) is 33.1 Å². The van der Waals surface area contributed by atoms with Crippen molar-refractivity contribution in [2.75, 3.05) is 25.4 Å².